The van der Waals surface area contributed by atoms with Gasteiger partial charge in [0.2, 0.25) is 21.8 Å². The summed E-state index contributed by atoms with van der Waals surface area (Å²) in [5.41, 5.74) is 6.88. The van der Waals surface area contributed by atoms with Gasteiger partial charge in [0.05, 0.1) is 24.2 Å². The molecule has 2 amide bonds. The van der Waals surface area contributed by atoms with Gasteiger partial charge in [0.25, 0.3) is 0 Å². The molecule has 0 saturated heterocycles. The van der Waals surface area contributed by atoms with Crippen molar-refractivity contribution in [3.63, 3.8) is 0 Å². The Morgan fingerprint density at radius 3 is 2.55 bits per heavy atom. The molecule has 0 atom stereocenters. The Morgan fingerprint density at radius 1 is 1.24 bits per heavy atom. The van der Waals surface area contributed by atoms with E-state index in [0.29, 0.717) is 18.4 Å². The van der Waals surface area contributed by atoms with Gasteiger partial charge >= 0.3 is 0 Å². The Bertz CT molecular complexity index is 1150. The molecule has 33 heavy (non-hydrogen) atoms. The van der Waals surface area contributed by atoms with Crippen LogP contribution in [0.1, 0.15) is 60.6 Å². The second-order valence-electron chi connectivity index (χ2n) is 7.58. The van der Waals surface area contributed by atoms with E-state index < -0.39 is 28.3 Å². The number of nitrogens with one attached hydrogen (secondary N) is 1. The van der Waals surface area contributed by atoms with Crippen LogP contribution in [-0.2, 0) is 26.2 Å². The lowest BCUT2D eigenvalue weighted by atomic mass is 10.00. The van der Waals surface area contributed by atoms with Crippen LogP contribution in [0, 0.1) is 6.92 Å². The van der Waals surface area contributed by atoms with Crippen LogP contribution < -0.4 is 15.4 Å². The van der Waals surface area contributed by atoms with Crippen molar-refractivity contribution in [3.05, 3.63) is 39.4 Å². The summed E-state index contributed by atoms with van der Waals surface area (Å²) in [7, 11) is -3.50. The van der Waals surface area contributed by atoms with Crippen molar-refractivity contribution in [2.45, 2.75) is 52.5 Å². The van der Waals surface area contributed by atoms with E-state index in [1.54, 1.807) is 18.2 Å². The number of hydrogen-bond donors (Lipinski definition) is 2. The normalized spacial score (nSPS) is 11.4. The number of ketones is 1. The van der Waals surface area contributed by atoms with E-state index in [2.05, 4.69) is 9.71 Å². The lowest BCUT2D eigenvalue weighted by Crippen LogP contribution is -2.31. The first-order valence-electron chi connectivity index (χ1n) is 10.3. The van der Waals surface area contributed by atoms with Gasteiger partial charge in [-0.25, -0.2) is 18.1 Å². The van der Waals surface area contributed by atoms with Crippen LogP contribution >= 0.6 is 22.9 Å². The minimum Gasteiger partial charge on any atom is -0.369 e. The standard InChI is InChI=1S/C21H27ClN4O5S2/c1-4-5-6-7-17(27)14-10-13(2)8-9-16(14)26(19(29)11-18(23)28)21-25-15(20(22)32-21)12-24-33(3,30)31/h8-10,24H,4-7,11-12H2,1-3H3,(H2,23,28). The van der Waals surface area contributed by atoms with E-state index in [9.17, 15) is 22.8 Å². The monoisotopic (exact) mass is 514 g/mol. The van der Waals surface area contributed by atoms with Gasteiger partial charge in [-0.3, -0.25) is 19.3 Å². The summed E-state index contributed by atoms with van der Waals surface area (Å²) in [5.74, 6) is -1.66. The summed E-state index contributed by atoms with van der Waals surface area (Å²) in [6.45, 7) is 3.69. The highest BCUT2D eigenvalue weighted by Crippen LogP contribution is 2.37. The number of unbranched alkanes of at least 4 members (excludes halogenated alkanes) is 2. The highest BCUT2D eigenvalue weighted by Gasteiger charge is 2.28. The number of aromatic nitrogens is 1. The molecule has 0 radical (unpaired) electrons. The molecule has 0 fully saturated rings. The fourth-order valence-corrected chi connectivity index (χ4v) is 4.59. The molecule has 1 heterocycles. The number of carbonyl (C=O) groups is 3. The summed E-state index contributed by atoms with van der Waals surface area (Å²) < 4.78 is 25.3. The van der Waals surface area contributed by atoms with Gasteiger partial charge in [-0.1, -0.05) is 54.3 Å². The maximum atomic E-state index is 13.0. The number of rotatable bonds is 12. The second-order valence-corrected chi connectivity index (χ2v) is 11.0. The minimum absolute atomic E-state index is 0.100. The van der Waals surface area contributed by atoms with Gasteiger partial charge < -0.3 is 5.73 Å². The zero-order valence-corrected chi connectivity index (χ0v) is 21.1. The summed E-state index contributed by atoms with van der Waals surface area (Å²) in [4.78, 5) is 43.0. The third-order valence-electron chi connectivity index (χ3n) is 4.61. The quantitative estimate of drug-likeness (QED) is 0.252. The number of aryl methyl sites for hydroxylation is 1. The number of amides is 2. The number of Topliss-reactive ketones (excluding diaryl/α,β-unsaturated/α-hetero) is 1. The summed E-state index contributed by atoms with van der Waals surface area (Å²) in [6, 6.07) is 5.05. The van der Waals surface area contributed by atoms with Crippen molar-refractivity contribution >= 4 is 61.4 Å². The van der Waals surface area contributed by atoms with Gasteiger partial charge in [-0.15, -0.1) is 0 Å². The zero-order chi connectivity index (χ0) is 24.8. The molecule has 0 bridgehead atoms. The van der Waals surface area contributed by atoms with E-state index in [1.807, 2.05) is 13.8 Å². The van der Waals surface area contributed by atoms with Crippen LogP contribution in [0.2, 0.25) is 4.34 Å². The number of primary amides is 1. The lowest BCUT2D eigenvalue weighted by molar-refractivity contribution is -0.125. The van der Waals surface area contributed by atoms with Gasteiger partial charge in [0.15, 0.2) is 10.9 Å². The molecule has 0 unspecified atom stereocenters. The predicted molar refractivity (Wildman–Crippen MR) is 129 cm³/mol. The van der Waals surface area contributed by atoms with Crippen LogP contribution in [0.5, 0.6) is 0 Å². The SMILES string of the molecule is CCCCCC(=O)c1cc(C)ccc1N(C(=O)CC(N)=O)c1nc(CNS(C)(=O)=O)c(Cl)s1. The van der Waals surface area contributed by atoms with Crippen LogP contribution in [0.4, 0.5) is 10.8 Å². The van der Waals surface area contributed by atoms with Crippen LogP contribution in [0.3, 0.4) is 0 Å². The Hall–Kier alpha value is -2.34. The highest BCUT2D eigenvalue weighted by molar-refractivity contribution is 7.88. The van der Waals surface area contributed by atoms with Crippen molar-refractivity contribution in [3.8, 4) is 0 Å². The molecule has 0 aliphatic carbocycles. The number of nitrogens with zero attached hydrogens (tertiary/aromatic N) is 2. The van der Waals surface area contributed by atoms with Crippen molar-refractivity contribution in [1.29, 1.82) is 0 Å². The molecule has 2 rings (SSSR count). The number of benzene rings is 1. The van der Waals surface area contributed by atoms with E-state index >= 15 is 0 Å². The number of carbonyl (C=O) groups excluding carboxylic acids is 3. The average molecular weight is 515 g/mol. The smallest absolute Gasteiger partial charge is 0.242 e. The molecule has 2 aromatic rings. The average Bonchev–Trinajstić information content (AvgIpc) is 3.06. The van der Waals surface area contributed by atoms with Crippen LogP contribution in [0.25, 0.3) is 0 Å². The van der Waals surface area contributed by atoms with E-state index in [-0.39, 0.29) is 33.2 Å². The van der Waals surface area contributed by atoms with Gasteiger partial charge in [0, 0.05) is 12.0 Å². The maximum absolute atomic E-state index is 13.0. The maximum Gasteiger partial charge on any atom is 0.242 e. The molecular weight excluding hydrogens is 488 g/mol. The van der Waals surface area contributed by atoms with E-state index in [1.165, 1.54) is 0 Å². The van der Waals surface area contributed by atoms with Crippen molar-refractivity contribution in [1.82, 2.24) is 9.71 Å². The van der Waals surface area contributed by atoms with Gasteiger partial charge in [-0.2, -0.15) is 0 Å². The fraction of sp³-hybridized carbons (Fsp3) is 0.429. The number of anilines is 2. The van der Waals surface area contributed by atoms with Gasteiger partial charge in [0.1, 0.15) is 10.8 Å². The lowest BCUT2D eigenvalue weighted by Gasteiger charge is -2.22. The largest absolute Gasteiger partial charge is 0.369 e. The van der Waals surface area contributed by atoms with Crippen molar-refractivity contribution in [2.24, 2.45) is 5.73 Å². The number of thiazole rings is 1. The molecule has 9 nitrogen and oxygen atoms in total. The number of nitrogens with two attached hydrogens (primary N) is 1. The van der Waals surface area contributed by atoms with Crippen molar-refractivity contribution < 1.29 is 22.8 Å². The third kappa shape index (κ3) is 7.88. The van der Waals surface area contributed by atoms with E-state index in [4.69, 9.17) is 17.3 Å². The highest BCUT2D eigenvalue weighted by atomic mass is 35.5. The van der Waals surface area contributed by atoms with Crippen molar-refractivity contribution in [2.75, 3.05) is 11.2 Å². The van der Waals surface area contributed by atoms with Crippen LogP contribution in [-0.4, -0.2) is 37.3 Å². The Labute approximate surface area is 202 Å². The molecule has 0 saturated carbocycles. The first kappa shape index (κ1) is 26.9. The molecule has 180 valence electrons. The first-order valence-corrected chi connectivity index (χ1v) is 13.4. The molecule has 0 aliphatic heterocycles. The molecule has 0 spiro atoms. The first-order chi connectivity index (χ1) is 15.4. The number of hydrogen-bond acceptors (Lipinski definition) is 7. The number of sulfonamides is 1. The molecular formula is C21H27ClN4O5S2. The van der Waals surface area contributed by atoms with Crippen LogP contribution in [0.15, 0.2) is 18.2 Å². The Balaban J connectivity index is 2.55. The van der Waals surface area contributed by atoms with E-state index in [0.717, 1.165) is 40.9 Å². The molecule has 0 aliphatic rings. The second kappa shape index (κ2) is 11.7. The summed E-state index contributed by atoms with van der Waals surface area (Å²) >= 11 is 7.18. The topological polar surface area (TPSA) is 140 Å². The molecule has 1 aromatic heterocycles. The predicted octanol–water partition coefficient (Wildman–Crippen LogP) is 3.46. The molecule has 1 aromatic carbocycles. The third-order valence-corrected chi connectivity index (χ3v) is 6.60. The summed E-state index contributed by atoms with van der Waals surface area (Å²) in [6.07, 6.45) is 3.27. The number of halogens is 1. The van der Waals surface area contributed by atoms with Gasteiger partial charge in [-0.05, 0) is 25.5 Å². The Morgan fingerprint density at radius 2 is 1.94 bits per heavy atom. The minimum atomic E-state index is -3.50. The fourth-order valence-electron chi connectivity index (χ4n) is 3.04. The summed E-state index contributed by atoms with van der Waals surface area (Å²) in [5, 5.41) is 0.100. The molecule has 3 N–H and O–H groups in total. The zero-order valence-electron chi connectivity index (χ0n) is 18.7. The molecule has 12 heteroatoms. The Kier molecular flexibility index (Phi) is 9.53.